The first-order valence-electron chi connectivity index (χ1n) is 11.4. The number of rotatable bonds is 8. The minimum atomic E-state index is -2.02. The molecule has 1 aliphatic heterocycles. The number of amides is 2. The minimum absolute atomic E-state index is 0.0594. The van der Waals surface area contributed by atoms with Gasteiger partial charge in [0.15, 0.2) is 11.5 Å². The van der Waals surface area contributed by atoms with Gasteiger partial charge in [0.25, 0.3) is 0 Å². The molecule has 2 atom stereocenters. The van der Waals surface area contributed by atoms with E-state index in [2.05, 4.69) is 0 Å². The lowest BCUT2D eigenvalue weighted by atomic mass is 9.73. The van der Waals surface area contributed by atoms with Crippen LogP contribution >= 0.6 is 0 Å². The molecular weight excluding hydrogens is 458 g/mol. The number of likely N-dealkylation sites (tertiary alicyclic amines) is 1. The van der Waals surface area contributed by atoms with E-state index in [1.165, 1.54) is 0 Å². The topological polar surface area (TPSA) is 126 Å². The molecule has 35 heavy (non-hydrogen) atoms. The van der Waals surface area contributed by atoms with Gasteiger partial charge < -0.3 is 18.9 Å². The number of imide groups is 1. The Morgan fingerprint density at radius 2 is 1.63 bits per heavy atom. The lowest BCUT2D eigenvalue weighted by molar-refractivity contribution is -0.170. The monoisotopic (exact) mass is 491 g/mol. The SMILES string of the molecule is CCOC(=O)[C@]1(CCc2ccccc2)[C@H](C(C(=O)OC)C(=O)OC)CC(=O)N1C(=O)OC(C)(C)C. The van der Waals surface area contributed by atoms with Crippen molar-refractivity contribution in [3.05, 3.63) is 35.9 Å². The maximum atomic E-state index is 13.6. The van der Waals surface area contributed by atoms with E-state index in [0.29, 0.717) is 4.90 Å². The van der Waals surface area contributed by atoms with Gasteiger partial charge in [0.05, 0.1) is 20.8 Å². The Morgan fingerprint density at radius 1 is 1.06 bits per heavy atom. The predicted molar refractivity (Wildman–Crippen MR) is 123 cm³/mol. The third kappa shape index (κ3) is 5.98. The van der Waals surface area contributed by atoms with Crippen molar-refractivity contribution in [3.63, 3.8) is 0 Å². The number of aryl methyl sites for hydroxylation is 1. The smallest absolute Gasteiger partial charge is 0.418 e. The van der Waals surface area contributed by atoms with Gasteiger partial charge in [-0.05, 0) is 46.1 Å². The van der Waals surface area contributed by atoms with E-state index in [1.54, 1.807) is 39.8 Å². The zero-order chi connectivity index (χ0) is 26.4. The standard InChI is InChI=1S/C25H33NO9/c1-7-34-22(30)25(14-13-16-11-9-8-10-12-16)17(19(20(28)32-5)21(29)33-6)15-18(27)26(25)23(31)35-24(2,3)4/h8-12,17,19H,7,13-15H2,1-6H3/t17-,25-/m0/s1. The number of benzene rings is 1. The molecular formula is C25H33NO9. The molecule has 0 spiro atoms. The molecule has 0 N–H and O–H groups in total. The lowest BCUT2D eigenvalue weighted by Crippen LogP contribution is -2.61. The van der Waals surface area contributed by atoms with Gasteiger partial charge in [-0.25, -0.2) is 14.5 Å². The first-order chi connectivity index (χ1) is 16.4. The molecule has 1 aliphatic rings. The highest BCUT2D eigenvalue weighted by molar-refractivity contribution is 6.05. The number of esters is 3. The molecule has 0 saturated carbocycles. The fourth-order valence-electron chi connectivity index (χ4n) is 4.36. The van der Waals surface area contributed by atoms with Gasteiger partial charge in [0.1, 0.15) is 5.60 Å². The number of nitrogens with zero attached hydrogens (tertiary/aromatic N) is 1. The van der Waals surface area contributed by atoms with Crippen LogP contribution in [0.4, 0.5) is 4.79 Å². The molecule has 1 aromatic rings. The fraction of sp³-hybridized carbons (Fsp3) is 0.560. The molecule has 0 radical (unpaired) electrons. The van der Waals surface area contributed by atoms with Crippen molar-refractivity contribution in [1.82, 2.24) is 4.90 Å². The van der Waals surface area contributed by atoms with Crippen LogP contribution in [-0.2, 0) is 44.5 Å². The summed E-state index contributed by atoms with van der Waals surface area (Å²) in [5.41, 5.74) is -2.19. The minimum Gasteiger partial charge on any atom is -0.468 e. The summed E-state index contributed by atoms with van der Waals surface area (Å²) >= 11 is 0. The normalized spacial score (nSPS) is 19.9. The van der Waals surface area contributed by atoms with E-state index in [9.17, 15) is 24.0 Å². The summed E-state index contributed by atoms with van der Waals surface area (Å²) in [5.74, 6) is -6.63. The zero-order valence-corrected chi connectivity index (χ0v) is 21.0. The molecule has 0 aromatic heterocycles. The molecule has 0 unspecified atom stereocenters. The average Bonchev–Trinajstić information content (AvgIpc) is 3.09. The molecule has 1 saturated heterocycles. The molecule has 0 aliphatic carbocycles. The van der Waals surface area contributed by atoms with Gasteiger partial charge in [0, 0.05) is 12.3 Å². The second kappa shape index (κ2) is 11.3. The van der Waals surface area contributed by atoms with E-state index < -0.39 is 59.3 Å². The molecule has 2 amide bonds. The first kappa shape index (κ1) is 27.8. The maximum absolute atomic E-state index is 13.6. The largest absolute Gasteiger partial charge is 0.468 e. The third-order valence-electron chi connectivity index (χ3n) is 5.81. The summed E-state index contributed by atoms with van der Waals surface area (Å²) < 4.78 is 20.4. The summed E-state index contributed by atoms with van der Waals surface area (Å²) in [7, 11) is 2.16. The first-order valence-corrected chi connectivity index (χ1v) is 11.4. The van der Waals surface area contributed by atoms with Gasteiger partial charge in [-0.15, -0.1) is 0 Å². The Hall–Kier alpha value is -3.43. The lowest BCUT2D eigenvalue weighted by Gasteiger charge is -2.40. The number of carbonyl (C=O) groups excluding carboxylic acids is 5. The van der Waals surface area contributed by atoms with Crippen LogP contribution in [0.5, 0.6) is 0 Å². The van der Waals surface area contributed by atoms with Gasteiger partial charge in [-0.1, -0.05) is 30.3 Å². The average molecular weight is 492 g/mol. The highest BCUT2D eigenvalue weighted by atomic mass is 16.6. The Morgan fingerprint density at radius 3 is 2.11 bits per heavy atom. The second-order valence-electron chi connectivity index (χ2n) is 9.17. The van der Waals surface area contributed by atoms with Crippen molar-refractivity contribution >= 4 is 29.9 Å². The Balaban J connectivity index is 2.74. The number of methoxy groups -OCH3 is 2. The zero-order valence-electron chi connectivity index (χ0n) is 21.0. The van der Waals surface area contributed by atoms with Crippen LogP contribution in [0.25, 0.3) is 0 Å². The quantitative estimate of drug-likeness (QED) is 0.306. The maximum Gasteiger partial charge on any atom is 0.418 e. The molecule has 10 nitrogen and oxygen atoms in total. The van der Waals surface area contributed by atoms with E-state index >= 15 is 0 Å². The van der Waals surface area contributed by atoms with Gasteiger partial charge in [-0.3, -0.25) is 14.4 Å². The van der Waals surface area contributed by atoms with Crippen LogP contribution in [-0.4, -0.2) is 66.8 Å². The van der Waals surface area contributed by atoms with E-state index in [4.69, 9.17) is 18.9 Å². The van der Waals surface area contributed by atoms with E-state index in [1.807, 2.05) is 18.2 Å². The Kier molecular flexibility index (Phi) is 9.00. The van der Waals surface area contributed by atoms with Crippen molar-refractivity contribution in [1.29, 1.82) is 0 Å². The second-order valence-corrected chi connectivity index (χ2v) is 9.17. The molecule has 10 heteroatoms. The van der Waals surface area contributed by atoms with Crippen molar-refractivity contribution < 1.29 is 42.9 Å². The molecule has 192 valence electrons. The van der Waals surface area contributed by atoms with Crippen LogP contribution in [0.15, 0.2) is 30.3 Å². The summed E-state index contributed by atoms with van der Waals surface area (Å²) in [5, 5.41) is 0. The van der Waals surface area contributed by atoms with Gasteiger partial charge in [0.2, 0.25) is 5.91 Å². The number of ether oxygens (including phenoxy) is 4. The van der Waals surface area contributed by atoms with Crippen molar-refractivity contribution in [3.8, 4) is 0 Å². The van der Waals surface area contributed by atoms with Crippen molar-refractivity contribution in [2.24, 2.45) is 11.8 Å². The van der Waals surface area contributed by atoms with E-state index in [0.717, 1.165) is 19.8 Å². The predicted octanol–water partition coefficient (Wildman–Crippen LogP) is 2.67. The van der Waals surface area contributed by atoms with Gasteiger partial charge in [-0.2, -0.15) is 0 Å². The van der Waals surface area contributed by atoms with Crippen LogP contribution in [0, 0.1) is 11.8 Å². The third-order valence-corrected chi connectivity index (χ3v) is 5.81. The van der Waals surface area contributed by atoms with Crippen LogP contribution in [0.3, 0.4) is 0 Å². The molecule has 1 heterocycles. The Bertz CT molecular complexity index is 937. The molecule has 1 fully saturated rings. The van der Waals surface area contributed by atoms with Crippen molar-refractivity contribution in [2.75, 3.05) is 20.8 Å². The summed E-state index contributed by atoms with van der Waals surface area (Å²) in [6.45, 7) is 6.36. The Labute approximate surface area is 204 Å². The number of hydrogen-bond acceptors (Lipinski definition) is 9. The number of hydrogen-bond donors (Lipinski definition) is 0. The van der Waals surface area contributed by atoms with Crippen LogP contribution < -0.4 is 0 Å². The molecule has 1 aromatic carbocycles. The fourth-order valence-corrected chi connectivity index (χ4v) is 4.36. The summed E-state index contributed by atoms with van der Waals surface area (Å²) in [6, 6.07) is 9.08. The highest BCUT2D eigenvalue weighted by Gasteiger charge is 2.66. The number of carbonyl (C=O) groups is 5. The van der Waals surface area contributed by atoms with Crippen LogP contribution in [0.2, 0.25) is 0 Å². The highest BCUT2D eigenvalue weighted by Crippen LogP contribution is 2.46. The molecule has 2 rings (SSSR count). The summed E-state index contributed by atoms with van der Waals surface area (Å²) in [6.07, 6.45) is -1.42. The summed E-state index contributed by atoms with van der Waals surface area (Å²) in [4.78, 5) is 66.4. The van der Waals surface area contributed by atoms with Gasteiger partial charge >= 0.3 is 24.0 Å². The van der Waals surface area contributed by atoms with E-state index in [-0.39, 0.29) is 19.4 Å². The molecule has 0 bridgehead atoms. The van der Waals surface area contributed by atoms with Crippen molar-refractivity contribution in [2.45, 2.75) is 58.1 Å². The van der Waals surface area contributed by atoms with Crippen LogP contribution in [0.1, 0.15) is 46.1 Å².